The summed E-state index contributed by atoms with van der Waals surface area (Å²) in [5, 5.41) is 8.83. The first kappa shape index (κ1) is 15.5. The molecule has 0 aliphatic carbocycles. The van der Waals surface area contributed by atoms with Crippen molar-refractivity contribution in [3.8, 4) is 5.69 Å². The number of carbonyl (C=O) groups excluding carboxylic acids is 1. The van der Waals surface area contributed by atoms with Gasteiger partial charge in [-0.2, -0.15) is 0 Å². The van der Waals surface area contributed by atoms with Gasteiger partial charge in [0.15, 0.2) is 0 Å². The van der Waals surface area contributed by atoms with Crippen LogP contribution in [0.1, 0.15) is 15.4 Å². The molecule has 0 bridgehead atoms. The zero-order valence-electron chi connectivity index (χ0n) is 13.7. The molecule has 0 atom stereocenters. The maximum atomic E-state index is 13.1. The van der Waals surface area contributed by atoms with Crippen molar-refractivity contribution in [2.24, 2.45) is 0 Å². The van der Waals surface area contributed by atoms with Gasteiger partial charge in [-0.3, -0.25) is 4.79 Å². The zero-order valence-corrected chi connectivity index (χ0v) is 14.6. The molecule has 2 heterocycles. The van der Waals surface area contributed by atoms with Crippen molar-refractivity contribution in [3.05, 3.63) is 65.4 Å². The lowest BCUT2D eigenvalue weighted by Crippen LogP contribution is -2.27. The minimum Gasteiger partial charge on any atom is -0.311 e. The Kier molecular flexibility index (Phi) is 3.77. The van der Waals surface area contributed by atoms with E-state index in [1.54, 1.807) is 46.4 Å². The highest BCUT2D eigenvalue weighted by Crippen LogP contribution is 2.27. The highest BCUT2D eigenvalue weighted by molar-refractivity contribution is 7.18. The summed E-state index contributed by atoms with van der Waals surface area (Å²) < 4.78 is 2.66. The molecular weight excluding hydrogens is 334 g/mol. The SMILES string of the molecule is Cc1nc2ccc(N(C)C(=O)c3ccccc3-n3ccnn3)cc2s1. The molecule has 0 aliphatic rings. The fraction of sp³-hybridized carbons (Fsp3) is 0.111. The molecule has 1 amide bonds. The predicted octanol–water partition coefficient (Wildman–Crippen LogP) is 3.46. The molecular formula is C18H15N5OS. The molecule has 7 heteroatoms. The number of amides is 1. The van der Waals surface area contributed by atoms with E-state index in [9.17, 15) is 4.79 Å². The third kappa shape index (κ3) is 2.78. The van der Waals surface area contributed by atoms with Gasteiger partial charge < -0.3 is 4.90 Å². The number of hydrogen-bond acceptors (Lipinski definition) is 5. The Morgan fingerprint density at radius 1 is 1.20 bits per heavy atom. The van der Waals surface area contributed by atoms with Crippen molar-refractivity contribution >= 4 is 33.1 Å². The number of para-hydroxylation sites is 1. The third-order valence-corrected chi connectivity index (χ3v) is 4.91. The minimum atomic E-state index is -0.105. The Labute approximate surface area is 148 Å². The fourth-order valence-corrected chi connectivity index (χ4v) is 3.59. The number of benzene rings is 2. The van der Waals surface area contributed by atoms with Crippen LogP contribution in [-0.2, 0) is 0 Å². The second-order valence-corrected chi connectivity index (χ2v) is 6.85. The number of thiazole rings is 1. The average molecular weight is 349 g/mol. The van der Waals surface area contributed by atoms with E-state index >= 15 is 0 Å². The molecule has 2 aromatic carbocycles. The van der Waals surface area contributed by atoms with Gasteiger partial charge >= 0.3 is 0 Å². The fourth-order valence-electron chi connectivity index (χ4n) is 2.73. The summed E-state index contributed by atoms with van der Waals surface area (Å²) in [5.74, 6) is -0.105. The molecule has 0 unspecified atom stereocenters. The van der Waals surface area contributed by atoms with Crippen LogP contribution >= 0.6 is 11.3 Å². The molecule has 4 rings (SSSR count). The number of fused-ring (bicyclic) bond motifs is 1. The standard InChI is InChI=1S/C18H15N5OS/c1-12-20-15-8-7-13(11-17(15)25-12)22(2)18(24)14-5-3-4-6-16(14)23-10-9-19-21-23/h3-11H,1-2H3. The van der Waals surface area contributed by atoms with E-state index < -0.39 is 0 Å². The lowest BCUT2D eigenvalue weighted by Gasteiger charge is -2.19. The number of anilines is 1. The van der Waals surface area contributed by atoms with E-state index in [2.05, 4.69) is 15.3 Å². The number of aromatic nitrogens is 4. The van der Waals surface area contributed by atoms with Crippen LogP contribution in [-0.4, -0.2) is 32.9 Å². The number of nitrogens with zero attached hydrogens (tertiary/aromatic N) is 5. The molecule has 0 fully saturated rings. The second kappa shape index (κ2) is 6.10. The molecule has 25 heavy (non-hydrogen) atoms. The molecule has 0 radical (unpaired) electrons. The Balaban J connectivity index is 1.73. The molecule has 0 spiro atoms. The van der Waals surface area contributed by atoms with Crippen molar-refractivity contribution in [3.63, 3.8) is 0 Å². The van der Waals surface area contributed by atoms with E-state index in [-0.39, 0.29) is 5.91 Å². The lowest BCUT2D eigenvalue weighted by molar-refractivity contribution is 0.0993. The quantitative estimate of drug-likeness (QED) is 0.568. The monoisotopic (exact) mass is 349 g/mol. The maximum absolute atomic E-state index is 13.1. The molecule has 0 N–H and O–H groups in total. The van der Waals surface area contributed by atoms with Gasteiger partial charge in [0.2, 0.25) is 0 Å². The third-order valence-electron chi connectivity index (χ3n) is 3.97. The van der Waals surface area contributed by atoms with Gasteiger partial charge in [-0.05, 0) is 37.3 Å². The van der Waals surface area contributed by atoms with Crippen molar-refractivity contribution in [2.75, 3.05) is 11.9 Å². The summed E-state index contributed by atoms with van der Waals surface area (Å²) in [5.41, 5.74) is 3.05. The maximum Gasteiger partial charge on any atom is 0.260 e. The Morgan fingerprint density at radius 2 is 2.04 bits per heavy atom. The van der Waals surface area contributed by atoms with Gasteiger partial charge in [0, 0.05) is 12.7 Å². The predicted molar refractivity (Wildman–Crippen MR) is 98.4 cm³/mol. The highest BCUT2D eigenvalue weighted by Gasteiger charge is 2.18. The molecule has 2 aromatic heterocycles. The van der Waals surface area contributed by atoms with Gasteiger partial charge in [-0.15, -0.1) is 16.4 Å². The van der Waals surface area contributed by atoms with Crippen LogP contribution in [0.2, 0.25) is 0 Å². The van der Waals surface area contributed by atoms with Crippen molar-refractivity contribution in [2.45, 2.75) is 6.92 Å². The first-order valence-electron chi connectivity index (χ1n) is 7.74. The van der Waals surface area contributed by atoms with Gasteiger partial charge in [-0.25, -0.2) is 9.67 Å². The van der Waals surface area contributed by atoms with Crippen LogP contribution in [0.25, 0.3) is 15.9 Å². The molecule has 0 saturated heterocycles. The normalized spacial score (nSPS) is 11.0. The Bertz CT molecular complexity index is 1050. The summed E-state index contributed by atoms with van der Waals surface area (Å²) in [6, 6.07) is 13.2. The van der Waals surface area contributed by atoms with Crippen LogP contribution in [0.15, 0.2) is 54.9 Å². The van der Waals surface area contributed by atoms with E-state index in [0.717, 1.165) is 20.9 Å². The minimum absolute atomic E-state index is 0.105. The summed E-state index contributed by atoms with van der Waals surface area (Å²) in [6.45, 7) is 1.98. The smallest absolute Gasteiger partial charge is 0.260 e. The van der Waals surface area contributed by atoms with E-state index in [1.807, 2.05) is 43.3 Å². The Morgan fingerprint density at radius 3 is 2.84 bits per heavy atom. The van der Waals surface area contributed by atoms with E-state index in [1.165, 1.54) is 0 Å². The van der Waals surface area contributed by atoms with Gasteiger partial charge in [0.25, 0.3) is 5.91 Å². The van der Waals surface area contributed by atoms with Gasteiger partial charge in [0.05, 0.1) is 38.9 Å². The number of rotatable bonds is 3. The summed E-state index contributed by atoms with van der Waals surface area (Å²) in [4.78, 5) is 19.2. The van der Waals surface area contributed by atoms with Crippen LogP contribution in [0, 0.1) is 6.92 Å². The lowest BCUT2D eigenvalue weighted by atomic mass is 10.1. The van der Waals surface area contributed by atoms with Crippen molar-refractivity contribution < 1.29 is 4.79 Å². The summed E-state index contributed by atoms with van der Waals surface area (Å²) in [6.07, 6.45) is 3.31. The summed E-state index contributed by atoms with van der Waals surface area (Å²) >= 11 is 1.62. The van der Waals surface area contributed by atoms with Crippen LogP contribution in [0.3, 0.4) is 0 Å². The first-order chi connectivity index (χ1) is 12.1. The number of hydrogen-bond donors (Lipinski definition) is 0. The molecule has 6 nitrogen and oxygen atoms in total. The molecule has 0 aliphatic heterocycles. The topological polar surface area (TPSA) is 63.9 Å². The highest BCUT2D eigenvalue weighted by atomic mass is 32.1. The van der Waals surface area contributed by atoms with E-state index in [0.29, 0.717) is 11.3 Å². The van der Waals surface area contributed by atoms with Gasteiger partial charge in [-0.1, -0.05) is 17.3 Å². The number of carbonyl (C=O) groups is 1. The van der Waals surface area contributed by atoms with Gasteiger partial charge in [0.1, 0.15) is 0 Å². The number of aryl methyl sites for hydroxylation is 1. The molecule has 0 saturated carbocycles. The first-order valence-corrected chi connectivity index (χ1v) is 8.56. The zero-order chi connectivity index (χ0) is 17.4. The van der Waals surface area contributed by atoms with E-state index in [4.69, 9.17) is 0 Å². The van der Waals surface area contributed by atoms with Crippen LogP contribution in [0.5, 0.6) is 0 Å². The van der Waals surface area contributed by atoms with Crippen LogP contribution < -0.4 is 4.90 Å². The van der Waals surface area contributed by atoms with Crippen molar-refractivity contribution in [1.82, 2.24) is 20.0 Å². The van der Waals surface area contributed by atoms with Crippen molar-refractivity contribution in [1.29, 1.82) is 0 Å². The molecule has 124 valence electrons. The molecule has 4 aromatic rings. The Hall–Kier alpha value is -3.06. The van der Waals surface area contributed by atoms with Crippen LogP contribution in [0.4, 0.5) is 5.69 Å². The average Bonchev–Trinajstić information content (AvgIpc) is 3.28. The second-order valence-electron chi connectivity index (χ2n) is 5.61. The summed E-state index contributed by atoms with van der Waals surface area (Å²) in [7, 11) is 1.77. The largest absolute Gasteiger partial charge is 0.311 e.